The summed E-state index contributed by atoms with van der Waals surface area (Å²) in [6.45, 7) is 3.97. The second kappa shape index (κ2) is 11.2. The predicted molar refractivity (Wildman–Crippen MR) is 146 cm³/mol. The monoisotopic (exact) mass is 624 g/mol. The van der Waals surface area contributed by atoms with Crippen LogP contribution in [0.2, 0.25) is 0 Å². The largest absolute Gasteiger partial charge is 0.416 e. The van der Waals surface area contributed by atoms with Crippen molar-refractivity contribution in [1.29, 1.82) is 0 Å². The second-order valence-electron chi connectivity index (χ2n) is 11.1. The van der Waals surface area contributed by atoms with Crippen LogP contribution in [0, 0.1) is 12.7 Å². The Hall–Kier alpha value is -4.49. The van der Waals surface area contributed by atoms with Gasteiger partial charge in [0, 0.05) is 30.6 Å². The zero-order valence-corrected chi connectivity index (χ0v) is 23.8. The number of aryl methyl sites for hydroxylation is 1. The minimum atomic E-state index is -5.12. The van der Waals surface area contributed by atoms with E-state index in [4.69, 9.17) is 5.73 Å². The number of carbonyl (C=O) groups excluding carboxylic acids is 3. The molecule has 2 aromatic carbocycles. The average Bonchev–Trinajstić information content (AvgIpc) is 3.32. The number of nitrogens with two attached hydrogens (primary N) is 1. The highest BCUT2D eigenvalue weighted by Crippen LogP contribution is 2.41. The van der Waals surface area contributed by atoms with Crippen molar-refractivity contribution in [3.8, 4) is 11.1 Å². The molecule has 1 fully saturated rings. The average molecular weight is 625 g/mol. The molecule has 234 valence electrons. The fourth-order valence-corrected chi connectivity index (χ4v) is 5.24. The molecule has 3 aromatic rings. The minimum Gasteiger partial charge on any atom is -0.368 e. The predicted octanol–water partition coefficient (Wildman–Crippen LogP) is 5.63. The number of aromatic nitrogens is 1. The summed E-state index contributed by atoms with van der Waals surface area (Å²) in [5.41, 5.74) is 1.31. The molecule has 3 N–H and O–H groups in total. The zero-order chi connectivity index (χ0) is 32.9. The summed E-state index contributed by atoms with van der Waals surface area (Å²) < 4.78 is 95.4. The molecule has 14 heteroatoms. The molecule has 44 heavy (non-hydrogen) atoms. The Kier molecular flexibility index (Phi) is 8.26. The Balaban J connectivity index is 1.85. The maximum Gasteiger partial charge on any atom is 0.416 e. The fraction of sp³-hybridized carbons (Fsp3) is 0.333. The number of benzene rings is 2. The van der Waals surface area contributed by atoms with E-state index in [9.17, 15) is 45.1 Å². The Labute approximate surface area is 247 Å². The molecule has 2 heterocycles. The van der Waals surface area contributed by atoms with Gasteiger partial charge in [-0.05, 0) is 73.9 Å². The number of alkyl halides is 6. The second-order valence-corrected chi connectivity index (χ2v) is 11.1. The number of carbonyl (C=O) groups is 3. The summed E-state index contributed by atoms with van der Waals surface area (Å²) in [6, 6.07) is 5.19. The molecule has 1 aliphatic heterocycles. The molecule has 0 radical (unpaired) electrons. The van der Waals surface area contributed by atoms with Crippen molar-refractivity contribution >= 4 is 23.4 Å². The highest BCUT2D eigenvalue weighted by molar-refractivity contribution is 6.03. The number of nitrogens with zero attached hydrogens (tertiary/aromatic N) is 2. The highest BCUT2D eigenvalue weighted by Gasteiger charge is 2.42. The number of rotatable bonds is 6. The molecule has 1 aromatic heterocycles. The van der Waals surface area contributed by atoms with Crippen LogP contribution in [0.25, 0.3) is 11.1 Å². The summed E-state index contributed by atoms with van der Waals surface area (Å²) in [7, 11) is 1.27. The summed E-state index contributed by atoms with van der Waals surface area (Å²) >= 11 is 0. The Morgan fingerprint density at radius 2 is 1.50 bits per heavy atom. The number of amides is 3. The zero-order valence-electron chi connectivity index (χ0n) is 23.8. The summed E-state index contributed by atoms with van der Waals surface area (Å²) in [6.07, 6.45) is -9.13. The van der Waals surface area contributed by atoms with Crippen LogP contribution in [0.5, 0.6) is 0 Å². The van der Waals surface area contributed by atoms with Crippen LogP contribution in [-0.2, 0) is 32.2 Å². The van der Waals surface area contributed by atoms with E-state index in [1.807, 2.05) is 0 Å². The van der Waals surface area contributed by atoms with Gasteiger partial charge < -0.3 is 16.0 Å². The first kappa shape index (κ1) is 32.4. The third-order valence-electron chi connectivity index (χ3n) is 7.70. The van der Waals surface area contributed by atoms with Crippen LogP contribution in [0.4, 0.5) is 36.4 Å². The van der Waals surface area contributed by atoms with Crippen molar-refractivity contribution in [2.75, 3.05) is 11.9 Å². The van der Waals surface area contributed by atoms with Crippen LogP contribution in [0.15, 0.2) is 48.7 Å². The number of likely N-dealkylation sites (N-methyl/N-ethyl adjacent to an activating group) is 1. The van der Waals surface area contributed by atoms with E-state index in [0.717, 1.165) is 11.0 Å². The van der Waals surface area contributed by atoms with E-state index in [-0.39, 0.29) is 29.4 Å². The van der Waals surface area contributed by atoms with Crippen molar-refractivity contribution in [3.05, 3.63) is 82.4 Å². The molecular weight excluding hydrogens is 597 g/mol. The van der Waals surface area contributed by atoms with Crippen molar-refractivity contribution in [2.45, 2.75) is 56.9 Å². The van der Waals surface area contributed by atoms with Gasteiger partial charge in [0.25, 0.3) is 0 Å². The Morgan fingerprint density at radius 1 is 0.932 bits per heavy atom. The first-order chi connectivity index (χ1) is 20.2. The van der Waals surface area contributed by atoms with Crippen LogP contribution in [0.3, 0.4) is 0 Å². The molecule has 0 saturated carbocycles. The van der Waals surface area contributed by atoms with E-state index >= 15 is 0 Å². The van der Waals surface area contributed by atoms with Gasteiger partial charge in [-0.1, -0.05) is 6.07 Å². The lowest BCUT2D eigenvalue weighted by atomic mass is 9.81. The highest BCUT2D eigenvalue weighted by atomic mass is 19.4. The number of anilines is 1. The molecule has 2 unspecified atom stereocenters. The third-order valence-corrected chi connectivity index (χ3v) is 7.70. The lowest BCUT2D eigenvalue weighted by molar-refractivity contribution is -0.143. The Bertz CT molecular complexity index is 1620. The molecule has 1 aliphatic rings. The van der Waals surface area contributed by atoms with Crippen molar-refractivity contribution in [1.82, 2.24) is 10.3 Å². The smallest absolute Gasteiger partial charge is 0.368 e. The summed E-state index contributed by atoms with van der Waals surface area (Å²) in [5, 5.41) is 2.48. The first-order valence-corrected chi connectivity index (χ1v) is 13.1. The number of halogens is 7. The fourth-order valence-electron chi connectivity index (χ4n) is 5.24. The van der Waals surface area contributed by atoms with E-state index in [2.05, 4.69) is 10.3 Å². The molecule has 4 rings (SSSR count). The molecule has 0 bridgehead atoms. The molecule has 2 atom stereocenters. The number of nitrogens with one attached hydrogen (secondary N) is 1. The normalized spacial score (nSPS) is 17.4. The van der Waals surface area contributed by atoms with Crippen LogP contribution >= 0.6 is 0 Å². The van der Waals surface area contributed by atoms with Gasteiger partial charge in [0.15, 0.2) is 0 Å². The van der Waals surface area contributed by atoms with E-state index < -0.39 is 70.0 Å². The quantitative estimate of drug-likeness (QED) is 0.347. The van der Waals surface area contributed by atoms with E-state index in [0.29, 0.717) is 23.3 Å². The maximum absolute atomic E-state index is 14.0. The molecular formula is C30H27F7N4O3. The lowest BCUT2D eigenvalue weighted by Crippen LogP contribution is -2.42. The number of primary amides is 1. The van der Waals surface area contributed by atoms with Gasteiger partial charge in [-0.15, -0.1) is 0 Å². The summed E-state index contributed by atoms with van der Waals surface area (Å²) in [4.78, 5) is 43.4. The van der Waals surface area contributed by atoms with Gasteiger partial charge in [-0.3, -0.25) is 19.4 Å². The van der Waals surface area contributed by atoms with Gasteiger partial charge in [0.2, 0.25) is 17.7 Å². The lowest BCUT2D eigenvalue weighted by Gasteiger charge is -2.32. The number of pyridine rings is 1. The SMILES string of the molecule is Cc1cc(F)ccc1-c1cc(C2CC(=O)NC2C(N)=O)ncc1N(C)C(=O)C(C)(C)c1cc(C(F)(F)F)cc(C(F)(F)F)c1. The first-order valence-electron chi connectivity index (χ1n) is 13.1. The van der Waals surface area contributed by atoms with Crippen LogP contribution in [0.1, 0.15) is 54.1 Å². The van der Waals surface area contributed by atoms with Gasteiger partial charge >= 0.3 is 12.4 Å². The molecule has 0 aliphatic carbocycles. The number of hydrogen-bond acceptors (Lipinski definition) is 4. The number of hydrogen-bond donors (Lipinski definition) is 2. The van der Waals surface area contributed by atoms with Crippen molar-refractivity contribution < 1.29 is 45.1 Å². The van der Waals surface area contributed by atoms with Gasteiger partial charge in [0.05, 0.1) is 28.4 Å². The van der Waals surface area contributed by atoms with E-state index in [1.165, 1.54) is 45.3 Å². The maximum atomic E-state index is 14.0. The molecule has 1 saturated heterocycles. The Morgan fingerprint density at radius 3 is 2.02 bits per heavy atom. The summed E-state index contributed by atoms with van der Waals surface area (Å²) in [5.74, 6) is -3.47. The molecule has 0 spiro atoms. The standard InChI is InChI=1S/C30H27F7N4O3/c1-14-7-18(31)5-6-19(14)20-11-22(21-12-24(42)40-25(21)26(38)43)39-13-23(20)41(4)27(44)28(2,3)15-8-16(29(32,33)34)10-17(9-15)30(35,36)37/h5-11,13,21,25H,12H2,1-4H3,(H2,38,43)(H,40,42). The van der Waals surface area contributed by atoms with Gasteiger partial charge in [0.1, 0.15) is 11.9 Å². The van der Waals surface area contributed by atoms with Crippen LogP contribution in [-0.4, -0.2) is 35.8 Å². The minimum absolute atomic E-state index is 0.0200. The van der Waals surface area contributed by atoms with Gasteiger partial charge in [-0.25, -0.2) is 4.39 Å². The van der Waals surface area contributed by atoms with Gasteiger partial charge in [-0.2, -0.15) is 26.3 Å². The molecule has 7 nitrogen and oxygen atoms in total. The van der Waals surface area contributed by atoms with Crippen molar-refractivity contribution in [3.63, 3.8) is 0 Å². The topological polar surface area (TPSA) is 105 Å². The third kappa shape index (κ3) is 6.24. The molecule has 3 amide bonds. The van der Waals surface area contributed by atoms with Crippen LogP contribution < -0.4 is 16.0 Å². The van der Waals surface area contributed by atoms with Crippen molar-refractivity contribution in [2.24, 2.45) is 5.73 Å². The van der Waals surface area contributed by atoms with E-state index in [1.54, 1.807) is 6.92 Å².